The first-order valence-corrected chi connectivity index (χ1v) is 5.57. The van der Waals surface area contributed by atoms with E-state index in [0.717, 1.165) is 42.0 Å². The zero-order valence-corrected chi connectivity index (χ0v) is 9.20. The molecule has 1 aliphatic heterocycles. The first-order valence-electron chi connectivity index (χ1n) is 5.57. The molecule has 1 N–H and O–H groups in total. The molecule has 1 radical (unpaired) electrons. The highest BCUT2D eigenvalue weighted by Gasteiger charge is 2.16. The molecule has 0 saturated heterocycles. The number of nitrogens with zero attached hydrogens (tertiary/aromatic N) is 2. The molecule has 0 atom stereocenters. The number of nitrogens with one attached hydrogen (secondary N) is 1. The Balaban J connectivity index is 2.11. The minimum absolute atomic E-state index is 0.237. The molecular weight excluding hydrogens is 217 g/mol. The molecule has 1 aliphatic rings. The molecule has 85 valence electrons. The predicted molar refractivity (Wildman–Crippen MR) is 61.7 cm³/mol. The third-order valence-electron chi connectivity index (χ3n) is 2.94. The van der Waals surface area contributed by atoms with E-state index in [2.05, 4.69) is 21.6 Å². The van der Waals surface area contributed by atoms with Gasteiger partial charge in [-0.25, -0.2) is 14.4 Å². The highest BCUT2D eigenvalue weighted by molar-refractivity contribution is 5.63. The van der Waals surface area contributed by atoms with Gasteiger partial charge in [-0.2, -0.15) is 0 Å². The van der Waals surface area contributed by atoms with Gasteiger partial charge in [-0.3, -0.25) is 0 Å². The highest BCUT2D eigenvalue weighted by Crippen LogP contribution is 2.24. The Morgan fingerprint density at radius 3 is 2.82 bits per heavy atom. The van der Waals surface area contributed by atoms with E-state index in [4.69, 9.17) is 0 Å². The van der Waals surface area contributed by atoms with Gasteiger partial charge < -0.3 is 5.32 Å². The number of hydrogen-bond acceptors (Lipinski definition) is 3. The largest absolute Gasteiger partial charge is 0.312 e. The van der Waals surface area contributed by atoms with Crippen molar-refractivity contribution in [1.29, 1.82) is 0 Å². The van der Waals surface area contributed by atoms with Crippen LogP contribution in [0.5, 0.6) is 0 Å². The topological polar surface area (TPSA) is 37.8 Å². The summed E-state index contributed by atoms with van der Waals surface area (Å²) in [6.45, 7) is 1.69. The molecule has 1 aromatic heterocycles. The summed E-state index contributed by atoms with van der Waals surface area (Å²) >= 11 is 0. The van der Waals surface area contributed by atoms with Crippen molar-refractivity contribution in [3.05, 3.63) is 47.7 Å². The number of hydrogen-bond donors (Lipinski definition) is 1. The van der Waals surface area contributed by atoms with Crippen LogP contribution in [0.3, 0.4) is 0 Å². The van der Waals surface area contributed by atoms with E-state index >= 15 is 0 Å². The van der Waals surface area contributed by atoms with E-state index in [0.29, 0.717) is 0 Å². The maximum absolute atomic E-state index is 12.9. The predicted octanol–water partition coefficient (Wildman–Crippen LogP) is 1.73. The van der Waals surface area contributed by atoms with Crippen LogP contribution < -0.4 is 5.32 Å². The van der Waals surface area contributed by atoms with Crippen molar-refractivity contribution in [3.63, 3.8) is 0 Å². The van der Waals surface area contributed by atoms with Gasteiger partial charge in [-0.05, 0) is 24.3 Å². The molecule has 0 spiro atoms. The van der Waals surface area contributed by atoms with Crippen LogP contribution in [-0.4, -0.2) is 16.5 Å². The molecule has 3 nitrogen and oxygen atoms in total. The number of halogens is 1. The lowest BCUT2D eigenvalue weighted by Crippen LogP contribution is -2.25. The first-order chi connectivity index (χ1) is 8.34. The fourth-order valence-corrected chi connectivity index (χ4v) is 2.07. The lowest BCUT2D eigenvalue weighted by molar-refractivity contribution is 0.625. The van der Waals surface area contributed by atoms with Crippen LogP contribution >= 0.6 is 0 Å². The van der Waals surface area contributed by atoms with Crippen LogP contribution in [0.4, 0.5) is 4.39 Å². The number of benzene rings is 1. The van der Waals surface area contributed by atoms with Gasteiger partial charge in [-0.15, -0.1) is 0 Å². The Bertz CT molecular complexity index is 537. The summed E-state index contributed by atoms with van der Waals surface area (Å²) in [5.41, 5.74) is 3.90. The Morgan fingerprint density at radius 1 is 1.18 bits per heavy atom. The Hall–Kier alpha value is -1.81. The summed E-state index contributed by atoms with van der Waals surface area (Å²) in [7, 11) is 0. The zero-order valence-electron chi connectivity index (χ0n) is 9.20. The van der Waals surface area contributed by atoms with E-state index in [1.165, 1.54) is 12.1 Å². The summed E-state index contributed by atoms with van der Waals surface area (Å²) < 4.78 is 12.9. The molecule has 4 heteroatoms. The van der Waals surface area contributed by atoms with Crippen molar-refractivity contribution in [2.45, 2.75) is 13.0 Å². The first kappa shape index (κ1) is 10.4. The lowest BCUT2D eigenvalue weighted by Gasteiger charge is -2.18. The second-order valence-corrected chi connectivity index (χ2v) is 4.03. The van der Waals surface area contributed by atoms with Gasteiger partial charge in [0, 0.05) is 30.6 Å². The third-order valence-corrected chi connectivity index (χ3v) is 2.94. The van der Waals surface area contributed by atoms with Crippen molar-refractivity contribution in [3.8, 4) is 11.3 Å². The van der Waals surface area contributed by atoms with Crippen LogP contribution in [-0.2, 0) is 13.0 Å². The molecule has 0 unspecified atom stereocenters. The van der Waals surface area contributed by atoms with Gasteiger partial charge in [0.25, 0.3) is 0 Å². The maximum Gasteiger partial charge on any atom is 0.198 e. The molecule has 17 heavy (non-hydrogen) atoms. The number of fused-ring (bicyclic) bond motifs is 1. The van der Waals surface area contributed by atoms with Gasteiger partial charge >= 0.3 is 0 Å². The maximum atomic E-state index is 12.9. The average Bonchev–Trinajstić information content (AvgIpc) is 2.39. The fraction of sp³-hybridized carbons (Fsp3) is 0.231. The summed E-state index contributed by atoms with van der Waals surface area (Å²) in [5, 5.41) is 3.29. The molecule has 0 bridgehead atoms. The Labute approximate surface area is 98.7 Å². The minimum atomic E-state index is -0.237. The monoisotopic (exact) mass is 228 g/mol. The SMILES string of the molecule is Fc1ccc(-c2n[c]nc3c2CNCC3)cc1. The third kappa shape index (κ3) is 1.91. The standard InChI is InChI=1S/C13H11FN3/c14-10-3-1-9(2-4-10)13-11-7-15-6-5-12(11)16-8-17-13/h1-4,15H,5-7H2. The molecular formula is C13H11FN3. The normalized spacial score (nSPS) is 14.4. The van der Waals surface area contributed by atoms with Crippen molar-refractivity contribution in [2.75, 3.05) is 6.54 Å². The summed E-state index contributed by atoms with van der Waals surface area (Å²) in [4.78, 5) is 8.37. The van der Waals surface area contributed by atoms with E-state index in [1.807, 2.05) is 0 Å². The van der Waals surface area contributed by atoms with E-state index in [-0.39, 0.29) is 5.82 Å². The second-order valence-electron chi connectivity index (χ2n) is 4.03. The van der Waals surface area contributed by atoms with E-state index in [9.17, 15) is 4.39 Å². The minimum Gasteiger partial charge on any atom is -0.312 e. The molecule has 2 heterocycles. The lowest BCUT2D eigenvalue weighted by atomic mass is 10.0. The van der Waals surface area contributed by atoms with Crippen LogP contribution in [0.1, 0.15) is 11.3 Å². The molecule has 0 fully saturated rings. The van der Waals surface area contributed by atoms with Gasteiger partial charge in [-0.1, -0.05) is 0 Å². The fourth-order valence-electron chi connectivity index (χ4n) is 2.07. The van der Waals surface area contributed by atoms with Gasteiger partial charge in [0.05, 0.1) is 11.4 Å². The summed E-state index contributed by atoms with van der Waals surface area (Å²) in [6, 6.07) is 6.36. The van der Waals surface area contributed by atoms with Crippen molar-refractivity contribution < 1.29 is 4.39 Å². The number of aromatic nitrogens is 2. The molecule has 0 saturated carbocycles. The van der Waals surface area contributed by atoms with Gasteiger partial charge in [0.15, 0.2) is 6.33 Å². The summed E-state index contributed by atoms with van der Waals surface area (Å²) in [5.74, 6) is -0.237. The summed E-state index contributed by atoms with van der Waals surface area (Å²) in [6.07, 6.45) is 3.57. The zero-order chi connectivity index (χ0) is 11.7. The van der Waals surface area contributed by atoms with Crippen molar-refractivity contribution in [1.82, 2.24) is 15.3 Å². The number of rotatable bonds is 1. The smallest absolute Gasteiger partial charge is 0.198 e. The Morgan fingerprint density at radius 2 is 2.00 bits per heavy atom. The van der Waals surface area contributed by atoms with Crippen LogP contribution in [0.15, 0.2) is 24.3 Å². The Kier molecular flexibility index (Phi) is 2.57. The van der Waals surface area contributed by atoms with Gasteiger partial charge in [0.1, 0.15) is 5.82 Å². The molecule has 0 aliphatic carbocycles. The van der Waals surface area contributed by atoms with Crippen LogP contribution in [0.25, 0.3) is 11.3 Å². The van der Waals surface area contributed by atoms with Crippen LogP contribution in [0, 0.1) is 12.1 Å². The van der Waals surface area contributed by atoms with E-state index < -0.39 is 0 Å². The molecule has 2 aromatic rings. The van der Waals surface area contributed by atoms with Crippen molar-refractivity contribution >= 4 is 0 Å². The van der Waals surface area contributed by atoms with Crippen molar-refractivity contribution in [2.24, 2.45) is 0 Å². The quantitative estimate of drug-likeness (QED) is 0.807. The van der Waals surface area contributed by atoms with Crippen LogP contribution in [0.2, 0.25) is 0 Å². The average molecular weight is 228 g/mol. The molecule has 3 rings (SSSR count). The van der Waals surface area contributed by atoms with Gasteiger partial charge in [0.2, 0.25) is 0 Å². The second kappa shape index (κ2) is 4.22. The molecule has 0 amide bonds. The highest BCUT2D eigenvalue weighted by atomic mass is 19.1. The van der Waals surface area contributed by atoms with E-state index in [1.54, 1.807) is 12.1 Å². The molecule has 1 aromatic carbocycles.